The van der Waals surface area contributed by atoms with E-state index in [9.17, 15) is 29.7 Å². The van der Waals surface area contributed by atoms with Crippen LogP contribution >= 0.6 is 0 Å². The first kappa shape index (κ1) is 31.5. The van der Waals surface area contributed by atoms with Gasteiger partial charge in [-0.15, -0.1) is 0 Å². The number of hydrogen-bond donors (Lipinski definition) is 6. The molecule has 0 saturated heterocycles. The van der Waals surface area contributed by atoms with Gasteiger partial charge in [0.05, 0.1) is 54.3 Å². The summed E-state index contributed by atoms with van der Waals surface area (Å²) in [7, 11) is 0. The third kappa shape index (κ3) is 18.9. The van der Waals surface area contributed by atoms with Crippen LogP contribution in [0.5, 0.6) is 0 Å². The zero-order chi connectivity index (χ0) is 20.2. The Labute approximate surface area is 155 Å². The molecule has 0 aromatic carbocycles. The molecule has 0 spiro atoms. The molecule has 0 fully saturated rings. The molecule has 1 radical (unpaired) electrons. The maximum atomic E-state index is 9.74. The molecule has 0 rings (SSSR count). The van der Waals surface area contributed by atoms with Gasteiger partial charge in [-0.1, -0.05) is 0 Å². The van der Waals surface area contributed by atoms with E-state index in [2.05, 4.69) is 0 Å². The van der Waals surface area contributed by atoms with Crippen LogP contribution in [0, 0.1) is 0 Å². The fourth-order valence-electron chi connectivity index (χ4n) is 0.591. The minimum Gasteiger partial charge on any atom is -0.548 e. The van der Waals surface area contributed by atoms with Crippen LogP contribution in [0.4, 0.5) is 0 Å². The molecule has 0 amide bonds. The Morgan fingerprint density at radius 3 is 0.760 bits per heavy atom. The summed E-state index contributed by atoms with van der Waals surface area (Å²) in [5.41, 5.74) is 14.5. The molecule has 0 aliphatic rings. The summed E-state index contributed by atoms with van der Waals surface area (Å²) >= 11 is 0. The molecule has 25 heavy (non-hydrogen) atoms. The first-order chi connectivity index (χ1) is 10.7. The van der Waals surface area contributed by atoms with Crippen LogP contribution in [0.25, 0.3) is 0 Å². The second-order valence-corrected chi connectivity index (χ2v) is 4.76. The fourth-order valence-corrected chi connectivity index (χ4v) is 0.591. The Kier molecular flexibility index (Phi) is 20.4. The maximum absolute atomic E-state index is 9.74. The van der Waals surface area contributed by atoms with Crippen molar-refractivity contribution in [2.75, 3.05) is 0 Å². The first-order valence-electron chi connectivity index (χ1n) is 6.60. The van der Waals surface area contributed by atoms with E-state index in [-0.39, 0.29) is 17.4 Å². The topological polar surface area (TPSA) is 259 Å². The van der Waals surface area contributed by atoms with E-state index in [1.807, 2.05) is 0 Å². The van der Waals surface area contributed by atoms with Gasteiger partial charge in [-0.25, -0.2) is 0 Å². The van der Waals surface area contributed by atoms with Gasteiger partial charge in [0.1, 0.15) is 0 Å². The predicted octanol–water partition coefficient (Wildman–Crippen LogP) is -7.67. The summed E-state index contributed by atoms with van der Waals surface area (Å²) in [4.78, 5) is 29.2. The Morgan fingerprint density at radius 2 is 0.760 bits per heavy atom. The van der Waals surface area contributed by atoms with Crippen molar-refractivity contribution in [3.05, 3.63) is 0 Å². The SMILES string of the molecule is CC(O)C(N)C(=O)[O-].CC(O)C(N)C(=O)[O-].CC(O)C(N)C(=O)[O-].[Cr+3]. The summed E-state index contributed by atoms with van der Waals surface area (Å²) in [6.45, 7) is 3.88. The minimum atomic E-state index is -1.43. The van der Waals surface area contributed by atoms with Gasteiger partial charge in [-0.2, -0.15) is 0 Å². The number of carbonyl (C=O) groups is 3. The van der Waals surface area contributed by atoms with Crippen LogP contribution < -0.4 is 32.5 Å². The van der Waals surface area contributed by atoms with Crippen molar-refractivity contribution in [3.8, 4) is 0 Å². The molecule has 6 unspecified atom stereocenters. The predicted molar refractivity (Wildman–Crippen MR) is 74.0 cm³/mol. The van der Waals surface area contributed by atoms with E-state index >= 15 is 0 Å². The molecule has 0 aromatic heterocycles. The Bertz CT molecular complexity index is 337. The van der Waals surface area contributed by atoms with Crippen molar-refractivity contribution in [2.24, 2.45) is 17.2 Å². The quantitative estimate of drug-likeness (QED) is 0.240. The van der Waals surface area contributed by atoms with Crippen LogP contribution in [0.3, 0.4) is 0 Å². The maximum Gasteiger partial charge on any atom is 3.00 e. The largest absolute Gasteiger partial charge is 3.00 e. The average molecular weight is 406 g/mol. The van der Waals surface area contributed by atoms with Crippen LogP contribution in [-0.2, 0) is 31.7 Å². The van der Waals surface area contributed by atoms with Gasteiger partial charge in [0.2, 0.25) is 0 Å². The third-order valence-electron chi connectivity index (χ3n) is 2.38. The van der Waals surface area contributed by atoms with Crippen LogP contribution in [0.15, 0.2) is 0 Å². The smallest absolute Gasteiger partial charge is 0.548 e. The van der Waals surface area contributed by atoms with Gasteiger partial charge in [0, 0.05) is 0 Å². The third-order valence-corrected chi connectivity index (χ3v) is 2.38. The number of carbonyl (C=O) groups excluding carboxylic acids is 3. The van der Waals surface area contributed by atoms with E-state index < -0.39 is 54.3 Å². The van der Waals surface area contributed by atoms with E-state index in [0.29, 0.717) is 0 Å². The Morgan fingerprint density at radius 1 is 0.640 bits per heavy atom. The second kappa shape index (κ2) is 16.2. The number of carboxylic acids is 3. The van der Waals surface area contributed by atoms with E-state index in [0.717, 1.165) is 0 Å². The standard InChI is InChI=1S/3C4H9NO3.Cr/c3*1-2(6)3(5)4(7)8;/h3*2-3,6H,5H2,1H3,(H,7,8);/q;;;+3/p-3. The molecule has 0 aliphatic heterocycles. The number of nitrogens with two attached hydrogens (primary N) is 3. The van der Waals surface area contributed by atoms with Gasteiger partial charge in [0.15, 0.2) is 0 Å². The van der Waals surface area contributed by atoms with Crippen LogP contribution in [0.2, 0.25) is 0 Å². The number of rotatable bonds is 6. The van der Waals surface area contributed by atoms with Gasteiger partial charge in [-0.05, 0) is 20.8 Å². The summed E-state index contributed by atoms with van der Waals surface area (Å²) in [6, 6.07) is -3.81. The molecule has 12 nitrogen and oxygen atoms in total. The molecule has 0 aromatic rings. The minimum absolute atomic E-state index is 0. The zero-order valence-corrected chi connectivity index (χ0v) is 15.2. The summed E-state index contributed by atoms with van der Waals surface area (Å²) in [5.74, 6) is -4.29. The molecule has 0 bridgehead atoms. The molecule has 0 aliphatic carbocycles. The average Bonchev–Trinajstić information content (AvgIpc) is 2.45. The van der Waals surface area contributed by atoms with Crippen molar-refractivity contribution in [1.29, 1.82) is 0 Å². The summed E-state index contributed by atoms with van der Waals surface area (Å²) in [6.07, 6.45) is -3.12. The van der Waals surface area contributed by atoms with E-state index in [1.165, 1.54) is 20.8 Å². The van der Waals surface area contributed by atoms with E-state index in [1.54, 1.807) is 0 Å². The fraction of sp³-hybridized carbons (Fsp3) is 0.750. The summed E-state index contributed by atoms with van der Waals surface area (Å²) < 4.78 is 0. The normalized spacial score (nSPS) is 16.7. The van der Waals surface area contributed by atoms with Gasteiger partial charge in [0.25, 0.3) is 0 Å². The number of aliphatic hydroxyl groups excluding tert-OH is 3. The number of hydrogen-bond acceptors (Lipinski definition) is 12. The van der Waals surface area contributed by atoms with Crippen LogP contribution in [-0.4, -0.2) is 69.7 Å². The van der Waals surface area contributed by atoms with Crippen molar-refractivity contribution in [1.82, 2.24) is 0 Å². The molecule has 6 atom stereocenters. The molecule has 9 N–H and O–H groups in total. The molecule has 13 heteroatoms. The van der Waals surface area contributed by atoms with Gasteiger partial charge >= 0.3 is 17.4 Å². The number of aliphatic carboxylic acids is 3. The summed E-state index contributed by atoms with van der Waals surface area (Å²) in [5, 5.41) is 54.6. The Balaban J connectivity index is -0.000000130. The van der Waals surface area contributed by atoms with Gasteiger partial charge in [-0.3, -0.25) is 0 Å². The number of carboxylic acid groups (broad SMARTS) is 3. The second-order valence-electron chi connectivity index (χ2n) is 4.76. The first-order valence-corrected chi connectivity index (χ1v) is 6.60. The van der Waals surface area contributed by atoms with Crippen molar-refractivity contribution < 1.29 is 62.4 Å². The monoisotopic (exact) mass is 406 g/mol. The van der Waals surface area contributed by atoms with Crippen molar-refractivity contribution >= 4 is 17.9 Å². The van der Waals surface area contributed by atoms with Crippen LogP contribution in [0.1, 0.15) is 20.8 Å². The van der Waals surface area contributed by atoms with Crippen molar-refractivity contribution in [2.45, 2.75) is 57.2 Å². The zero-order valence-electron chi connectivity index (χ0n) is 13.9. The molecule has 0 saturated carbocycles. The number of aliphatic hydroxyl groups is 3. The van der Waals surface area contributed by atoms with E-state index in [4.69, 9.17) is 32.5 Å². The van der Waals surface area contributed by atoms with Gasteiger partial charge < -0.3 is 62.2 Å². The molecule has 0 heterocycles. The molecular weight excluding hydrogens is 382 g/mol. The van der Waals surface area contributed by atoms with Crippen molar-refractivity contribution in [3.63, 3.8) is 0 Å². The Hall–Kier alpha value is -1.30. The molecule has 147 valence electrons. The molecular formula is C12H24CrN3O9.